The van der Waals surface area contributed by atoms with E-state index in [4.69, 9.17) is 4.74 Å². The predicted octanol–water partition coefficient (Wildman–Crippen LogP) is 3.31. The first kappa shape index (κ1) is 13.3. The Morgan fingerprint density at radius 3 is 2.95 bits per heavy atom. The van der Waals surface area contributed by atoms with Gasteiger partial charge in [0.1, 0.15) is 5.78 Å². The quantitative estimate of drug-likeness (QED) is 0.855. The Bertz CT molecular complexity index is 603. The van der Waals surface area contributed by atoms with Gasteiger partial charge in [0.15, 0.2) is 0 Å². The molecular formula is C17H19NO2. The van der Waals surface area contributed by atoms with Crippen molar-refractivity contribution in [1.29, 1.82) is 0 Å². The highest BCUT2D eigenvalue weighted by atomic mass is 16.5. The summed E-state index contributed by atoms with van der Waals surface area (Å²) in [5, 5.41) is 1.11. The van der Waals surface area contributed by atoms with Gasteiger partial charge in [-0.3, -0.25) is 9.78 Å². The molecule has 3 heteroatoms. The average molecular weight is 269 g/mol. The van der Waals surface area contributed by atoms with Crippen LogP contribution < -0.4 is 0 Å². The third kappa shape index (κ3) is 3.23. The van der Waals surface area contributed by atoms with Crippen molar-refractivity contribution in [2.75, 3.05) is 6.61 Å². The molecule has 1 fully saturated rings. The fraction of sp³-hybridized carbons (Fsp3) is 0.412. The number of pyridine rings is 1. The van der Waals surface area contributed by atoms with E-state index in [2.05, 4.69) is 4.98 Å². The first-order valence-corrected chi connectivity index (χ1v) is 7.29. The molecule has 1 aromatic carbocycles. The van der Waals surface area contributed by atoms with Gasteiger partial charge in [-0.2, -0.15) is 0 Å². The largest absolute Gasteiger partial charge is 0.378 e. The van der Waals surface area contributed by atoms with Crippen LogP contribution in [0.1, 0.15) is 31.4 Å². The molecule has 0 amide bonds. The van der Waals surface area contributed by atoms with Crippen molar-refractivity contribution >= 4 is 16.7 Å². The van der Waals surface area contributed by atoms with Crippen LogP contribution in [0.15, 0.2) is 36.4 Å². The summed E-state index contributed by atoms with van der Waals surface area (Å²) in [4.78, 5) is 16.6. The van der Waals surface area contributed by atoms with Crippen LogP contribution in [0.5, 0.6) is 0 Å². The van der Waals surface area contributed by atoms with E-state index in [0.717, 1.165) is 36.0 Å². The van der Waals surface area contributed by atoms with Crippen molar-refractivity contribution in [1.82, 2.24) is 4.98 Å². The fourth-order valence-electron chi connectivity index (χ4n) is 2.70. The number of hydrogen-bond donors (Lipinski definition) is 0. The maximum Gasteiger partial charge on any atom is 0.141 e. The smallest absolute Gasteiger partial charge is 0.141 e. The molecule has 0 saturated carbocycles. The molecule has 0 spiro atoms. The molecule has 1 aliphatic heterocycles. The van der Waals surface area contributed by atoms with Gasteiger partial charge >= 0.3 is 0 Å². The van der Waals surface area contributed by atoms with E-state index in [9.17, 15) is 4.79 Å². The van der Waals surface area contributed by atoms with Crippen LogP contribution in [0.3, 0.4) is 0 Å². The first-order valence-electron chi connectivity index (χ1n) is 7.29. The predicted molar refractivity (Wildman–Crippen MR) is 78.7 cm³/mol. The van der Waals surface area contributed by atoms with E-state index in [-0.39, 0.29) is 11.9 Å². The Morgan fingerprint density at radius 2 is 2.10 bits per heavy atom. The van der Waals surface area contributed by atoms with Gasteiger partial charge in [0.05, 0.1) is 11.6 Å². The highest BCUT2D eigenvalue weighted by Gasteiger charge is 2.18. The fourth-order valence-corrected chi connectivity index (χ4v) is 2.70. The SMILES string of the molecule is O=C(Cc1ccc2ccccc2n1)CC1CCCCO1. The summed E-state index contributed by atoms with van der Waals surface area (Å²) in [7, 11) is 0. The normalized spacial score (nSPS) is 19.1. The number of para-hydroxylation sites is 1. The summed E-state index contributed by atoms with van der Waals surface area (Å²) in [6.45, 7) is 0.798. The number of Topliss-reactive ketones (excluding diaryl/α,β-unsaturated/α-hetero) is 1. The molecule has 1 aliphatic rings. The lowest BCUT2D eigenvalue weighted by Crippen LogP contribution is -2.23. The minimum Gasteiger partial charge on any atom is -0.378 e. The summed E-state index contributed by atoms with van der Waals surface area (Å²) in [5.74, 6) is 0.222. The zero-order valence-corrected chi connectivity index (χ0v) is 11.5. The van der Waals surface area contributed by atoms with Crippen LogP contribution in [0.4, 0.5) is 0 Å². The molecule has 1 aromatic heterocycles. The molecular weight excluding hydrogens is 250 g/mol. The van der Waals surface area contributed by atoms with E-state index >= 15 is 0 Å². The zero-order valence-electron chi connectivity index (χ0n) is 11.5. The minimum atomic E-state index is 0.122. The van der Waals surface area contributed by atoms with E-state index < -0.39 is 0 Å². The zero-order chi connectivity index (χ0) is 13.8. The van der Waals surface area contributed by atoms with E-state index in [1.54, 1.807) is 0 Å². The molecule has 3 rings (SSSR count). The second-order valence-electron chi connectivity index (χ2n) is 5.40. The van der Waals surface area contributed by atoms with Crippen LogP contribution in [0, 0.1) is 0 Å². The van der Waals surface area contributed by atoms with Crippen molar-refractivity contribution in [3.05, 3.63) is 42.1 Å². The summed E-state index contributed by atoms with van der Waals surface area (Å²) in [6.07, 6.45) is 4.36. The van der Waals surface area contributed by atoms with Gasteiger partial charge in [-0.1, -0.05) is 24.3 Å². The lowest BCUT2D eigenvalue weighted by Gasteiger charge is -2.21. The van der Waals surface area contributed by atoms with Crippen molar-refractivity contribution in [3.63, 3.8) is 0 Å². The number of carbonyl (C=O) groups is 1. The monoisotopic (exact) mass is 269 g/mol. The highest BCUT2D eigenvalue weighted by molar-refractivity contribution is 5.83. The van der Waals surface area contributed by atoms with Gasteiger partial charge in [0.25, 0.3) is 0 Å². The topological polar surface area (TPSA) is 39.2 Å². The summed E-state index contributed by atoms with van der Waals surface area (Å²) < 4.78 is 5.62. The van der Waals surface area contributed by atoms with Crippen molar-refractivity contribution < 1.29 is 9.53 Å². The van der Waals surface area contributed by atoms with E-state index in [1.165, 1.54) is 6.42 Å². The van der Waals surface area contributed by atoms with Crippen LogP contribution in [-0.4, -0.2) is 23.5 Å². The molecule has 0 aliphatic carbocycles. The lowest BCUT2D eigenvalue weighted by molar-refractivity contribution is -0.122. The Kier molecular flexibility index (Phi) is 4.07. The number of ether oxygens (including phenoxy) is 1. The first-order chi connectivity index (χ1) is 9.81. The number of aromatic nitrogens is 1. The van der Waals surface area contributed by atoms with Crippen LogP contribution in [0.2, 0.25) is 0 Å². The Labute approximate surface area is 119 Å². The molecule has 104 valence electrons. The molecule has 1 saturated heterocycles. The maximum atomic E-state index is 12.1. The van der Waals surface area contributed by atoms with E-state index in [1.807, 2.05) is 36.4 Å². The Balaban J connectivity index is 1.64. The second-order valence-corrected chi connectivity index (χ2v) is 5.40. The molecule has 2 aromatic rings. The van der Waals surface area contributed by atoms with Crippen molar-refractivity contribution in [2.24, 2.45) is 0 Å². The standard InChI is InChI=1S/C17H19NO2/c19-15(12-16-6-3-4-10-20-16)11-14-9-8-13-5-1-2-7-17(13)18-14/h1-2,5,7-9,16H,3-4,6,10-12H2. The van der Waals surface area contributed by atoms with Crippen molar-refractivity contribution in [2.45, 2.75) is 38.2 Å². The number of hydrogen-bond acceptors (Lipinski definition) is 3. The van der Waals surface area contributed by atoms with Gasteiger partial charge in [0, 0.05) is 30.5 Å². The molecule has 3 nitrogen and oxygen atoms in total. The maximum absolute atomic E-state index is 12.1. The summed E-state index contributed by atoms with van der Waals surface area (Å²) >= 11 is 0. The van der Waals surface area contributed by atoms with Crippen molar-refractivity contribution in [3.8, 4) is 0 Å². The number of nitrogens with zero attached hydrogens (tertiary/aromatic N) is 1. The molecule has 1 atom stereocenters. The molecule has 0 bridgehead atoms. The van der Waals surface area contributed by atoms with Gasteiger partial charge in [-0.05, 0) is 31.4 Å². The van der Waals surface area contributed by atoms with Crippen LogP contribution >= 0.6 is 0 Å². The van der Waals surface area contributed by atoms with Gasteiger partial charge in [0.2, 0.25) is 0 Å². The van der Waals surface area contributed by atoms with Crippen LogP contribution in [0.25, 0.3) is 10.9 Å². The third-order valence-corrected chi connectivity index (χ3v) is 3.76. The summed E-state index contributed by atoms with van der Waals surface area (Å²) in [5.41, 5.74) is 1.80. The molecule has 0 radical (unpaired) electrons. The Morgan fingerprint density at radius 1 is 1.20 bits per heavy atom. The number of benzene rings is 1. The number of carbonyl (C=O) groups excluding carboxylic acids is 1. The van der Waals surface area contributed by atoms with Crippen LogP contribution in [-0.2, 0) is 16.0 Å². The highest BCUT2D eigenvalue weighted by Crippen LogP contribution is 2.17. The molecule has 0 N–H and O–H groups in total. The molecule has 20 heavy (non-hydrogen) atoms. The summed E-state index contributed by atoms with van der Waals surface area (Å²) in [6, 6.07) is 12.0. The number of ketones is 1. The third-order valence-electron chi connectivity index (χ3n) is 3.76. The minimum absolute atomic E-state index is 0.122. The van der Waals surface area contributed by atoms with Gasteiger partial charge in [-0.15, -0.1) is 0 Å². The second kappa shape index (κ2) is 6.14. The molecule has 2 heterocycles. The van der Waals surface area contributed by atoms with E-state index in [0.29, 0.717) is 12.8 Å². The molecule has 1 unspecified atom stereocenters. The average Bonchev–Trinajstić information content (AvgIpc) is 2.48. The Hall–Kier alpha value is -1.74. The van der Waals surface area contributed by atoms with Gasteiger partial charge in [-0.25, -0.2) is 0 Å². The number of rotatable bonds is 4. The number of fused-ring (bicyclic) bond motifs is 1. The lowest BCUT2D eigenvalue weighted by atomic mass is 10.0. The van der Waals surface area contributed by atoms with Gasteiger partial charge < -0.3 is 4.74 Å².